The van der Waals surface area contributed by atoms with Gasteiger partial charge in [-0.3, -0.25) is 9.69 Å². The van der Waals surface area contributed by atoms with Crippen LogP contribution in [0.5, 0.6) is 0 Å². The molecule has 0 saturated carbocycles. The normalized spacial score (nSPS) is 25.8. The Labute approximate surface area is 142 Å². The highest BCUT2D eigenvalue weighted by atomic mass is 16.5. The number of carbonyl (C=O) groups is 1. The number of rotatable bonds is 5. The van der Waals surface area contributed by atoms with Crippen LogP contribution in [-0.2, 0) is 16.1 Å². The molecule has 8 nitrogen and oxygen atoms in total. The van der Waals surface area contributed by atoms with Crippen molar-refractivity contribution in [3.63, 3.8) is 0 Å². The zero-order chi connectivity index (χ0) is 16.9. The van der Waals surface area contributed by atoms with Gasteiger partial charge < -0.3 is 19.5 Å². The van der Waals surface area contributed by atoms with E-state index < -0.39 is 0 Å². The molecular weight excluding hydrogens is 310 g/mol. The summed E-state index contributed by atoms with van der Waals surface area (Å²) >= 11 is 0. The molecular formula is C16H27N5O3. The molecule has 0 aliphatic carbocycles. The quantitative estimate of drug-likeness (QED) is 0.820. The van der Waals surface area contributed by atoms with Gasteiger partial charge in [0.1, 0.15) is 0 Å². The summed E-state index contributed by atoms with van der Waals surface area (Å²) in [5, 5.41) is 7.37. The van der Waals surface area contributed by atoms with Gasteiger partial charge in [0, 0.05) is 32.6 Å². The summed E-state index contributed by atoms with van der Waals surface area (Å²) in [5.41, 5.74) is 0. The maximum Gasteiger partial charge on any atom is 0.236 e. The molecule has 3 heterocycles. The number of aryl methyl sites for hydroxylation is 1. The van der Waals surface area contributed by atoms with Crippen LogP contribution in [-0.4, -0.2) is 77.3 Å². The molecule has 2 fully saturated rings. The Morgan fingerprint density at radius 1 is 1.38 bits per heavy atom. The molecule has 0 unspecified atom stereocenters. The van der Waals surface area contributed by atoms with Gasteiger partial charge in [0.2, 0.25) is 11.8 Å². The minimum Gasteiger partial charge on any atom is -0.375 e. The number of nitrogens with zero attached hydrogens (tertiary/aromatic N) is 4. The van der Waals surface area contributed by atoms with Gasteiger partial charge in [0.05, 0.1) is 25.8 Å². The average molecular weight is 337 g/mol. The van der Waals surface area contributed by atoms with Gasteiger partial charge in [-0.05, 0) is 26.3 Å². The first kappa shape index (κ1) is 17.3. The highest BCUT2D eigenvalue weighted by Gasteiger charge is 2.24. The van der Waals surface area contributed by atoms with Crippen molar-refractivity contribution in [2.45, 2.75) is 45.4 Å². The van der Waals surface area contributed by atoms with Crippen molar-refractivity contribution in [2.75, 3.05) is 39.3 Å². The molecule has 1 amide bonds. The smallest absolute Gasteiger partial charge is 0.236 e. The van der Waals surface area contributed by atoms with Crippen LogP contribution in [0.15, 0.2) is 4.52 Å². The minimum absolute atomic E-state index is 0.131. The molecule has 8 heteroatoms. The highest BCUT2D eigenvalue weighted by Crippen LogP contribution is 2.13. The average Bonchev–Trinajstić information content (AvgIpc) is 2.98. The Morgan fingerprint density at radius 2 is 2.25 bits per heavy atom. The number of aromatic nitrogens is 2. The van der Waals surface area contributed by atoms with E-state index in [1.165, 1.54) is 0 Å². The SMILES string of the molecule is Cc1nc(CN2CCC[C@@H](NCC(=O)N3CCO[C@H](C)C3)C2)no1. The second kappa shape index (κ2) is 8.04. The van der Waals surface area contributed by atoms with Crippen LogP contribution in [0.2, 0.25) is 0 Å². The van der Waals surface area contributed by atoms with E-state index in [2.05, 4.69) is 20.4 Å². The van der Waals surface area contributed by atoms with E-state index in [-0.39, 0.29) is 12.0 Å². The number of piperidine rings is 1. The standard InChI is InChI=1S/C16H27N5O3/c1-12-9-21(6-7-23-12)16(22)8-17-14-4-3-5-20(10-14)11-15-18-13(2)24-19-15/h12,14,17H,3-11H2,1-2H3/t12-,14-/m1/s1. The summed E-state index contributed by atoms with van der Waals surface area (Å²) in [4.78, 5) is 20.8. The third-order valence-corrected chi connectivity index (χ3v) is 4.58. The lowest BCUT2D eigenvalue weighted by atomic mass is 10.1. The molecule has 2 aliphatic rings. The van der Waals surface area contributed by atoms with Gasteiger partial charge in [-0.1, -0.05) is 5.16 Å². The van der Waals surface area contributed by atoms with Crippen molar-refractivity contribution in [2.24, 2.45) is 0 Å². The number of amides is 1. The van der Waals surface area contributed by atoms with Crippen molar-refractivity contribution < 1.29 is 14.1 Å². The number of morpholine rings is 1. The monoisotopic (exact) mass is 337 g/mol. The molecule has 1 N–H and O–H groups in total. The maximum absolute atomic E-state index is 12.3. The Bertz CT molecular complexity index is 550. The van der Waals surface area contributed by atoms with E-state index in [9.17, 15) is 4.79 Å². The predicted octanol–water partition coefficient (Wildman–Crippen LogP) is 0.179. The summed E-state index contributed by atoms with van der Waals surface area (Å²) in [6.07, 6.45) is 2.33. The van der Waals surface area contributed by atoms with E-state index in [1.807, 2.05) is 11.8 Å². The molecule has 2 saturated heterocycles. The summed E-state index contributed by atoms with van der Waals surface area (Å²) in [5.74, 6) is 1.49. The lowest BCUT2D eigenvalue weighted by Crippen LogP contribution is -2.51. The Hall–Kier alpha value is -1.51. The second-order valence-corrected chi connectivity index (χ2v) is 6.71. The van der Waals surface area contributed by atoms with Crippen LogP contribution >= 0.6 is 0 Å². The lowest BCUT2D eigenvalue weighted by Gasteiger charge is -2.34. The molecule has 0 aromatic carbocycles. The first-order valence-electron chi connectivity index (χ1n) is 8.74. The van der Waals surface area contributed by atoms with Crippen molar-refractivity contribution in [1.29, 1.82) is 0 Å². The van der Waals surface area contributed by atoms with E-state index >= 15 is 0 Å². The zero-order valence-electron chi connectivity index (χ0n) is 14.5. The van der Waals surface area contributed by atoms with Crippen molar-refractivity contribution in [3.8, 4) is 0 Å². The summed E-state index contributed by atoms with van der Waals surface area (Å²) in [6, 6.07) is 0.328. The van der Waals surface area contributed by atoms with E-state index in [4.69, 9.17) is 9.26 Å². The van der Waals surface area contributed by atoms with Gasteiger partial charge in [-0.25, -0.2) is 0 Å². The van der Waals surface area contributed by atoms with Gasteiger partial charge in [0.25, 0.3) is 0 Å². The van der Waals surface area contributed by atoms with Crippen molar-refractivity contribution in [1.82, 2.24) is 25.3 Å². The van der Waals surface area contributed by atoms with Gasteiger partial charge in [-0.2, -0.15) is 4.98 Å². The number of hydrogen-bond donors (Lipinski definition) is 1. The fraction of sp³-hybridized carbons (Fsp3) is 0.812. The van der Waals surface area contributed by atoms with Crippen LogP contribution in [0.4, 0.5) is 0 Å². The van der Waals surface area contributed by atoms with Crippen LogP contribution < -0.4 is 5.32 Å². The fourth-order valence-corrected chi connectivity index (χ4v) is 3.36. The Balaban J connectivity index is 1.42. The van der Waals surface area contributed by atoms with Crippen molar-refractivity contribution in [3.05, 3.63) is 11.7 Å². The van der Waals surface area contributed by atoms with Crippen LogP contribution in [0.1, 0.15) is 31.5 Å². The van der Waals surface area contributed by atoms with Gasteiger partial charge in [-0.15, -0.1) is 0 Å². The molecule has 0 spiro atoms. The van der Waals surface area contributed by atoms with Crippen molar-refractivity contribution >= 4 is 5.91 Å². The third kappa shape index (κ3) is 4.75. The largest absolute Gasteiger partial charge is 0.375 e. The second-order valence-electron chi connectivity index (χ2n) is 6.71. The lowest BCUT2D eigenvalue weighted by molar-refractivity contribution is -0.137. The summed E-state index contributed by atoms with van der Waals surface area (Å²) < 4.78 is 10.5. The molecule has 2 atom stereocenters. The first-order chi connectivity index (χ1) is 11.6. The maximum atomic E-state index is 12.3. The van der Waals surface area contributed by atoms with Crippen LogP contribution in [0.3, 0.4) is 0 Å². The minimum atomic E-state index is 0.131. The van der Waals surface area contributed by atoms with E-state index in [1.54, 1.807) is 6.92 Å². The topological polar surface area (TPSA) is 83.7 Å². The van der Waals surface area contributed by atoms with E-state index in [0.29, 0.717) is 44.7 Å². The molecule has 24 heavy (non-hydrogen) atoms. The van der Waals surface area contributed by atoms with Crippen LogP contribution in [0.25, 0.3) is 0 Å². The van der Waals surface area contributed by atoms with Crippen LogP contribution in [0, 0.1) is 6.92 Å². The molecule has 134 valence electrons. The zero-order valence-corrected chi connectivity index (χ0v) is 14.5. The number of likely N-dealkylation sites (tertiary alicyclic amines) is 1. The number of hydrogen-bond acceptors (Lipinski definition) is 7. The Morgan fingerprint density at radius 3 is 3.00 bits per heavy atom. The predicted molar refractivity (Wildman–Crippen MR) is 87.3 cm³/mol. The molecule has 3 rings (SSSR count). The van der Waals surface area contributed by atoms with Gasteiger partial charge in [0.15, 0.2) is 5.82 Å². The molecule has 0 radical (unpaired) electrons. The fourth-order valence-electron chi connectivity index (χ4n) is 3.36. The summed E-state index contributed by atoms with van der Waals surface area (Å²) in [6.45, 7) is 8.85. The molecule has 2 aliphatic heterocycles. The number of ether oxygens (including phenoxy) is 1. The number of nitrogens with one attached hydrogen (secondary N) is 1. The number of carbonyl (C=O) groups excluding carboxylic acids is 1. The molecule has 0 bridgehead atoms. The summed E-state index contributed by atoms with van der Waals surface area (Å²) in [7, 11) is 0. The third-order valence-electron chi connectivity index (χ3n) is 4.58. The molecule has 1 aromatic rings. The van der Waals surface area contributed by atoms with E-state index in [0.717, 1.165) is 31.8 Å². The molecule has 1 aromatic heterocycles. The Kier molecular flexibility index (Phi) is 5.80. The van der Waals surface area contributed by atoms with Gasteiger partial charge >= 0.3 is 0 Å². The highest BCUT2D eigenvalue weighted by molar-refractivity contribution is 5.78. The first-order valence-corrected chi connectivity index (χ1v) is 8.74.